The summed E-state index contributed by atoms with van der Waals surface area (Å²) in [4.78, 5) is 0. The Labute approximate surface area is 121 Å². The average Bonchev–Trinajstić information content (AvgIpc) is 2.41. The second-order valence-corrected chi connectivity index (χ2v) is 5.48. The first-order chi connectivity index (χ1) is 8.59. The number of halogens is 1. The molecule has 4 N–H and O–H groups in total. The molecule has 0 aromatic heterocycles. The van der Waals surface area contributed by atoms with Crippen molar-refractivity contribution >= 4 is 12.4 Å². The first kappa shape index (κ1) is 16.3. The van der Waals surface area contributed by atoms with Gasteiger partial charge in [-0.1, -0.05) is 37.0 Å². The van der Waals surface area contributed by atoms with Gasteiger partial charge in [0, 0.05) is 5.56 Å². The Morgan fingerprint density at radius 3 is 2.47 bits per heavy atom. The van der Waals surface area contributed by atoms with E-state index in [9.17, 15) is 10.2 Å². The fourth-order valence-corrected chi connectivity index (χ4v) is 2.89. The summed E-state index contributed by atoms with van der Waals surface area (Å²) >= 11 is 0. The van der Waals surface area contributed by atoms with Crippen LogP contribution in [0.4, 0.5) is 0 Å². The van der Waals surface area contributed by atoms with Gasteiger partial charge in [0.25, 0.3) is 0 Å². The van der Waals surface area contributed by atoms with Crippen LogP contribution in [0.2, 0.25) is 0 Å². The van der Waals surface area contributed by atoms with E-state index < -0.39 is 12.1 Å². The van der Waals surface area contributed by atoms with Crippen LogP contribution in [0.3, 0.4) is 0 Å². The highest BCUT2D eigenvalue weighted by molar-refractivity contribution is 5.85. The summed E-state index contributed by atoms with van der Waals surface area (Å²) < 4.78 is 0. The molecule has 3 nitrogen and oxygen atoms in total. The molecule has 2 atom stereocenters. The van der Waals surface area contributed by atoms with Crippen molar-refractivity contribution < 1.29 is 10.2 Å². The number of benzene rings is 1. The lowest BCUT2D eigenvalue weighted by Gasteiger charge is -2.31. The molecule has 1 aromatic carbocycles. The normalized spacial score (nSPS) is 19.5. The van der Waals surface area contributed by atoms with E-state index in [4.69, 9.17) is 5.73 Å². The lowest BCUT2D eigenvalue weighted by Crippen LogP contribution is -2.34. The Bertz CT molecular complexity index is 405. The van der Waals surface area contributed by atoms with Crippen molar-refractivity contribution in [1.82, 2.24) is 0 Å². The van der Waals surface area contributed by atoms with Gasteiger partial charge in [-0.15, -0.1) is 12.4 Å². The molecule has 1 aromatic rings. The van der Waals surface area contributed by atoms with Gasteiger partial charge in [-0.05, 0) is 31.7 Å². The monoisotopic (exact) mass is 285 g/mol. The molecule has 0 aliphatic heterocycles. The molecule has 1 saturated carbocycles. The van der Waals surface area contributed by atoms with Crippen molar-refractivity contribution in [2.45, 2.75) is 51.2 Å². The van der Waals surface area contributed by atoms with E-state index in [1.807, 2.05) is 19.1 Å². The Kier molecular flexibility index (Phi) is 6.11. The van der Waals surface area contributed by atoms with Crippen molar-refractivity contribution in [2.24, 2.45) is 11.7 Å². The SMILES string of the molecule is Cc1ccc(O)c([C@@H](N)[C@@H](O)C2CCCCC2)c1.Cl. The highest BCUT2D eigenvalue weighted by Crippen LogP contribution is 2.34. The number of aromatic hydroxyl groups is 1. The average molecular weight is 286 g/mol. The molecular weight excluding hydrogens is 262 g/mol. The Morgan fingerprint density at radius 1 is 1.21 bits per heavy atom. The molecule has 0 bridgehead atoms. The summed E-state index contributed by atoms with van der Waals surface area (Å²) in [7, 11) is 0. The highest BCUT2D eigenvalue weighted by atomic mass is 35.5. The third-order valence-corrected chi connectivity index (χ3v) is 4.04. The van der Waals surface area contributed by atoms with E-state index in [0.717, 1.165) is 18.4 Å². The van der Waals surface area contributed by atoms with Crippen molar-refractivity contribution in [1.29, 1.82) is 0 Å². The van der Waals surface area contributed by atoms with Gasteiger partial charge >= 0.3 is 0 Å². The minimum atomic E-state index is -0.557. The van der Waals surface area contributed by atoms with E-state index in [2.05, 4.69) is 0 Å². The zero-order valence-corrected chi connectivity index (χ0v) is 12.2. The molecule has 2 rings (SSSR count). The van der Waals surface area contributed by atoms with Crippen molar-refractivity contribution in [3.05, 3.63) is 29.3 Å². The van der Waals surface area contributed by atoms with Crippen LogP contribution in [0.25, 0.3) is 0 Å². The van der Waals surface area contributed by atoms with Crippen LogP contribution < -0.4 is 5.73 Å². The summed E-state index contributed by atoms with van der Waals surface area (Å²) in [5.74, 6) is 0.455. The molecule has 0 unspecified atom stereocenters. The maximum atomic E-state index is 10.4. The zero-order valence-electron chi connectivity index (χ0n) is 11.4. The standard InChI is InChI=1S/C15H23NO2.ClH/c1-10-7-8-13(17)12(9-10)14(16)15(18)11-5-3-2-4-6-11;/h7-9,11,14-15,17-18H,2-6,16H2,1H3;1H/t14-,15+;/m1./s1. The van der Waals surface area contributed by atoms with Gasteiger partial charge in [0.05, 0.1) is 12.1 Å². The highest BCUT2D eigenvalue weighted by Gasteiger charge is 2.28. The molecular formula is C15H24ClNO2. The van der Waals surface area contributed by atoms with E-state index >= 15 is 0 Å². The quantitative estimate of drug-likeness (QED) is 0.799. The van der Waals surface area contributed by atoms with Gasteiger partial charge in [-0.25, -0.2) is 0 Å². The van der Waals surface area contributed by atoms with Crippen LogP contribution in [0.5, 0.6) is 5.75 Å². The molecule has 108 valence electrons. The molecule has 19 heavy (non-hydrogen) atoms. The second kappa shape index (κ2) is 7.13. The zero-order chi connectivity index (χ0) is 13.1. The van der Waals surface area contributed by atoms with Gasteiger partial charge in [0.1, 0.15) is 5.75 Å². The van der Waals surface area contributed by atoms with Crippen LogP contribution in [0, 0.1) is 12.8 Å². The number of aliphatic hydroxyl groups excluding tert-OH is 1. The maximum Gasteiger partial charge on any atom is 0.120 e. The molecule has 1 aliphatic rings. The predicted molar refractivity (Wildman–Crippen MR) is 79.6 cm³/mol. The van der Waals surface area contributed by atoms with E-state index in [-0.39, 0.29) is 24.1 Å². The molecule has 0 spiro atoms. The second-order valence-electron chi connectivity index (χ2n) is 5.48. The van der Waals surface area contributed by atoms with Crippen molar-refractivity contribution in [3.63, 3.8) is 0 Å². The fraction of sp³-hybridized carbons (Fsp3) is 0.600. The molecule has 1 fully saturated rings. The first-order valence-electron chi connectivity index (χ1n) is 6.83. The van der Waals surface area contributed by atoms with Crippen LogP contribution >= 0.6 is 12.4 Å². The van der Waals surface area contributed by atoms with Crippen molar-refractivity contribution in [2.75, 3.05) is 0 Å². The number of hydrogen-bond donors (Lipinski definition) is 3. The molecule has 1 aliphatic carbocycles. The van der Waals surface area contributed by atoms with E-state index in [1.54, 1.807) is 6.07 Å². The number of rotatable bonds is 3. The first-order valence-corrected chi connectivity index (χ1v) is 6.83. The Morgan fingerprint density at radius 2 is 1.84 bits per heavy atom. The number of phenols is 1. The Hall–Kier alpha value is -0.770. The number of phenolic OH excluding ortho intramolecular Hbond substituents is 1. The molecule has 0 saturated heterocycles. The summed E-state index contributed by atoms with van der Waals surface area (Å²) in [5, 5.41) is 20.2. The maximum absolute atomic E-state index is 10.4. The summed E-state index contributed by atoms with van der Waals surface area (Å²) in [6.07, 6.45) is 5.14. The molecule has 0 heterocycles. The Balaban J connectivity index is 0.00000180. The largest absolute Gasteiger partial charge is 0.508 e. The summed E-state index contributed by atoms with van der Waals surface area (Å²) in [6, 6.07) is 4.87. The molecule has 0 amide bonds. The van der Waals surface area contributed by atoms with Gasteiger partial charge in [0.2, 0.25) is 0 Å². The predicted octanol–water partition coefficient (Wildman–Crippen LogP) is 3.06. The van der Waals surface area contributed by atoms with E-state index in [1.165, 1.54) is 19.3 Å². The van der Waals surface area contributed by atoms with Crippen LogP contribution in [-0.2, 0) is 0 Å². The number of aryl methyl sites for hydroxylation is 1. The van der Waals surface area contributed by atoms with Crippen LogP contribution in [0.15, 0.2) is 18.2 Å². The van der Waals surface area contributed by atoms with Crippen molar-refractivity contribution in [3.8, 4) is 5.75 Å². The number of aliphatic hydroxyl groups is 1. The summed E-state index contributed by atoms with van der Waals surface area (Å²) in [6.45, 7) is 1.96. The third kappa shape index (κ3) is 3.85. The van der Waals surface area contributed by atoms with Crippen LogP contribution in [0.1, 0.15) is 49.3 Å². The summed E-state index contributed by atoms with van der Waals surface area (Å²) in [5.41, 5.74) is 7.84. The number of nitrogens with two attached hydrogens (primary N) is 1. The lowest BCUT2D eigenvalue weighted by atomic mass is 9.81. The fourth-order valence-electron chi connectivity index (χ4n) is 2.89. The molecule has 4 heteroatoms. The minimum Gasteiger partial charge on any atom is -0.508 e. The van der Waals surface area contributed by atoms with Gasteiger partial charge < -0.3 is 15.9 Å². The third-order valence-electron chi connectivity index (χ3n) is 4.04. The smallest absolute Gasteiger partial charge is 0.120 e. The van der Waals surface area contributed by atoms with Gasteiger partial charge in [-0.2, -0.15) is 0 Å². The molecule has 0 radical (unpaired) electrons. The topological polar surface area (TPSA) is 66.5 Å². The lowest BCUT2D eigenvalue weighted by molar-refractivity contribution is 0.0611. The minimum absolute atomic E-state index is 0. The van der Waals surface area contributed by atoms with Gasteiger partial charge in [0.15, 0.2) is 0 Å². The van der Waals surface area contributed by atoms with Gasteiger partial charge in [-0.3, -0.25) is 0 Å². The van der Waals surface area contributed by atoms with E-state index in [0.29, 0.717) is 5.56 Å². The van der Waals surface area contributed by atoms with Crippen LogP contribution in [-0.4, -0.2) is 16.3 Å². The number of hydrogen-bond acceptors (Lipinski definition) is 3.